The highest BCUT2D eigenvalue weighted by atomic mass is 16.3. The minimum Gasteiger partial charge on any atom is -0.387 e. The summed E-state index contributed by atoms with van der Waals surface area (Å²) in [4.78, 5) is 33.2. The number of allylic oxidation sites excluding steroid dienone is 3. The van der Waals surface area contributed by atoms with Crippen molar-refractivity contribution < 1.29 is 9.90 Å². The van der Waals surface area contributed by atoms with Crippen molar-refractivity contribution in [1.82, 2.24) is 19.7 Å². The van der Waals surface area contributed by atoms with Crippen molar-refractivity contribution in [2.75, 3.05) is 50.7 Å². The molecule has 4 heterocycles. The van der Waals surface area contributed by atoms with E-state index in [-0.39, 0.29) is 24.2 Å². The van der Waals surface area contributed by atoms with Gasteiger partial charge in [0, 0.05) is 69.2 Å². The highest BCUT2D eigenvalue weighted by Crippen LogP contribution is 2.51. The van der Waals surface area contributed by atoms with Crippen molar-refractivity contribution in [1.29, 1.82) is 0 Å². The normalized spacial score (nSPS) is 27.3. The first kappa shape index (κ1) is 27.7. The van der Waals surface area contributed by atoms with Crippen LogP contribution in [-0.4, -0.2) is 83.0 Å². The fraction of sp³-hybridized carbons (Fsp3) is 0.613. The van der Waals surface area contributed by atoms with Crippen molar-refractivity contribution >= 4 is 11.7 Å². The second kappa shape index (κ2) is 11.7. The number of piperidine rings is 1. The fourth-order valence-corrected chi connectivity index (χ4v) is 7.19. The van der Waals surface area contributed by atoms with Crippen LogP contribution in [0.5, 0.6) is 0 Å². The van der Waals surface area contributed by atoms with Crippen LogP contribution in [0.4, 0.5) is 10.5 Å². The lowest BCUT2D eigenvalue weighted by Gasteiger charge is -2.53. The summed E-state index contributed by atoms with van der Waals surface area (Å²) in [5.74, 6) is 0. The number of carbonyl (C=O) groups is 1. The number of anilines is 1. The highest BCUT2D eigenvalue weighted by molar-refractivity contribution is 5.76. The van der Waals surface area contributed by atoms with E-state index in [1.807, 2.05) is 53.3 Å². The number of hydrogen-bond donors (Lipinski definition) is 2. The van der Waals surface area contributed by atoms with E-state index in [4.69, 9.17) is 0 Å². The molecule has 3 saturated heterocycles. The fourth-order valence-electron chi connectivity index (χ4n) is 7.19. The van der Waals surface area contributed by atoms with Crippen LogP contribution in [0.2, 0.25) is 0 Å². The largest absolute Gasteiger partial charge is 0.387 e. The second-order valence-corrected chi connectivity index (χ2v) is 11.9. The summed E-state index contributed by atoms with van der Waals surface area (Å²) in [5, 5.41) is 15.6. The zero-order valence-corrected chi connectivity index (χ0v) is 23.5. The van der Waals surface area contributed by atoms with Gasteiger partial charge in [-0.25, -0.2) is 4.79 Å². The van der Waals surface area contributed by atoms with Crippen molar-refractivity contribution in [3.63, 3.8) is 0 Å². The van der Waals surface area contributed by atoms with Gasteiger partial charge in [0.05, 0.1) is 18.2 Å². The van der Waals surface area contributed by atoms with Gasteiger partial charge in [-0.3, -0.25) is 4.79 Å². The standard InChI is InChI=1S/C31H45N5O3/c1-3-4-5-10-25(2)27-22-32-15-20-36(27)29(38)35-19-14-31(39,30(23-35)12-6-7-13-30)24-34-18-11-26(21-28(34)37)33-16-8-9-17-33/h3-5,10-11,18,21,27,32,39H,2,6-9,12-17,19-20,22-24H2,1H3/b4-3-,10-5-/t27-,31+/m0/s1. The third-order valence-electron chi connectivity index (χ3n) is 9.52. The summed E-state index contributed by atoms with van der Waals surface area (Å²) in [6.07, 6.45) is 16.4. The third-order valence-corrected chi connectivity index (χ3v) is 9.52. The Hall–Kier alpha value is -2.84. The molecule has 3 aliphatic heterocycles. The van der Waals surface area contributed by atoms with Gasteiger partial charge in [0.25, 0.3) is 5.56 Å². The molecule has 2 amide bonds. The summed E-state index contributed by atoms with van der Waals surface area (Å²) >= 11 is 0. The lowest BCUT2D eigenvalue weighted by Crippen LogP contribution is -2.65. The molecular formula is C31H45N5O3. The summed E-state index contributed by atoms with van der Waals surface area (Å²) in [6.45, 7) is 11.6. The number of rotatable bonds is 6. The van der Waals surface area contributed by atoms with Crippen LogP contribution in [0.1, 0.15) is 51.9 Å². The van der Waals surface area contributed by atoms with Gasteiger partial charge in [0.2, 0.25) is 0 Å². The first-order valence-electron chi connectivity index (χ1n) is 14.8. The molecular weight excluding hydrogens is 490 g/mol. The van der Waals surface area contributed by atoms with Crippen LogP contribution in [0.3, 0.4) is 0 Å². The number of carbonyl (C=O) groups excluding carboxylic acids is 1. The Morgan fingerprint density at radius 2 is 1.90 bits per heavy atom. The summed E-state index contributed by atoms with van der Waals surface area (Å²) in [7, 11) is 0. The highest BCUT2D eigenvalue weighted by Gasteiger charge is 2.56. The van der Waals surface area contributed by atoms with Gasteiger partial charge in [-0.2, -0.15) is 0 Å². The molecule has 8 heteroatoms. The minimum absolute atomic E-state index is 0.0301. The minimum atomic E-state index is -1.03. The number of aliphatic hydroxyl groups is 1. The van der Waals surface area contributed by atoms with Crippen molar-refractivity contribution in [2.45, 2.75) is 70.1 Å². The van der Waals surface area contributed by atoms with Gasteiger partial charge in [-0.1, -0.05) is 43.7 Å². The number of aromatic nitrogens is 1. The maximum atomic E-state index is 13.9. The number of urea groups is 1. The van der Waals surface area contributed by atoms with Crippen LogP contribution in [0.25, 0.3) is 0 Å². The van der Waals surface area contributed by atoms with E-state index < -0.39 is 11.0 Å². The van der Waals surface area contributed by atoms with Crippen LogP contribution >= 0.6 is 0 Å². The lowest BCUT2D eigenvalue weighted by molar-refractivity contribution is -0.136. The van der Waals surface area contributed by atoms with E-state index in [1.165, 1.54) is 0 Å². The number of pyridine rings is 1. The molecule has 2 atom stereocenters. The summed E-state index contributed by atoms with van der Waals surface area (Å²) in [5.41, 5.74) is 0.396. The van der Waals surface area contributed by atoms with E-state index in [0.29, 0.717) is 32.6 Å². The molecule has 1 aliphatic carbocycles. The Labute approximate surface area is 232 Å². The Morgan fingerprint density at radius 1 is 1.13 bits per heavy atom. The first-order valence-corrected chi connectivity index (χ1v) is 14.8. The smallest absolute Gasteiger partial charge is 0.320 e. The second-order valence-electron chi connectivity index (χ2n) is 11.9. The van der Waals surface area contributed by atoms with Crippen LogP contribution in [0.15, 0.2) is 59.6 Å². The monoisotopic (exact) mass is 535 g/mol. The summed E-state index contributed by atoms with van der Waals surface area (Å²) < 4.78 is 1.69. The maximum absolute atomic E-state index is 13.9. The molecule has 0 aromatic carbocycles. The van der Waals surface area contributed by atoms with Gasteiger partial charge in [-0.15, -0.1) is 0 Å². The van der Waals surface area contributed by atoms with Crippen LogP contribution < -0.4 is 15.8 Å². The van der Waals surface area contributed by atoms with Crippen LogP contribution in [0, 0.1) is 5.41 Å². The van der Waals surface area contributed by atoms with Crippen molar-refractivity contribution in [2.24, 2.45) is 5.41 Å². The van der Waals surface area contributed by atoms with E-state index in [9.17, 15) is 14.7 Å². The molecule has 39 heavy (non-hydrogen) atoms. The quantitative estimate of drug-likeness (QED) is 0.545. The molecule has 212 valence electrons. The van der Waals surface area contributed by atoms with E-state index >= 15 is 0 Å². The molecule has 1 aromatic rings. The zero-order chi connectivity index (χ0) is 27.5. The van der Waals surface area contributed by atoms with Crippen molar-refractivity contribution in [3.05, 3.63) is 65.1 Å². The number of likely N-dealkylation sites (tertiary alicyclic amines) is 1. The molecule has 0 bridgehead atoms. The molecule has 1 saturated carbocycles. The Kier molecular flexibility index (Phi) is 8.33. The number of hydrogen-bond acceptors (Lipinski definition) is 5. The average Bonchev–Trinajstić information content (AvgIpc) is 3.65. The lowest BCUT2D eigenvalue weighted by atomic mass is 9.66. The molecule has 0 radical (unpaired) electrons. The van der Waals surface area contributed by atoms with Crippen molar-refractivity contribution in [3.8, 4) is 0 Å². The molecule has 1 aromatic heterocycles. The molecule has 4 aliphatic rings. The number of nitrogens with one attached hydrogen (secondary N) is 1. The molecule has 2 N–H and O–H groups in total. The van der Waals surface area contributed by atoms with E-state index in [2.05, 4.69) is 16.8 Å². The predicted molar refractivity (Wildman–Crippen MR) is 156 cm³/mol. The van der Waals surface area contributed by atoms with E-state index in [0.717, 1.165) is 69.4 Å². The number of amides is 2. The number of nitrogens with zero attached hydrogens (tertiary/aromatic N) is 4. The molecule has 5 rings (SSSR count). The maximum Gasteiger partial charge on any atom is 0.320 e. The average molecular weight is 536 g/mol. The zero-order valence-electron chi connectivity index (χ0n) is 23.5. The SMILES string of the molecule is C=C(/C=C\C=C/C)[C@@H]1CNCCN1C(=O)N1CC[C@@](O)(Cn2ccc(N3CCCC3)cc2=O)C2(CCCC2)C1. The van der Waals surface area contributed by atoms with E-state index in [1.54, 1.807) is 10.6 Å². The van der Waals surface area contributed by atoms with Gasteiger partial charge in [-0.05, 0) is 50.7 Å². The first-order chi connectivity index (χ1) is 18.9. The molecule has 0 unspecified atom stereocenters. The van der Waals surface area contributed by atoms with Gasteiger partial charge >= 0.3 is 6.03 Å². The Balaban J connectivity index is 1.33. The molecule has 1 spiro atoms. The third kappa shape index (κ3) is 5.59. The summed E-state index contributed by atoms with van der Waals surface area (Å²) in [6, 6.07) is 3.66. The Bertz CT molecular complexity index is 1160. The molecule has 4 fully saturated rings. The topological polar surface area (TPSA) is 81.1 Å². The van der Waals surface area contributed by atoms with Gasteiger partial charge in [0.1, 0.15) is 0 Å². The predicted octanol–water partition coefficient (Wildman–Crippen LogP) is 3.53. The van der Waals surface area contributed by atoms with Gasteiger partial charge < -0.3 is 29.7 Å². The van der Waals surface area contributed by atoms with Gasteiger partial charge in [0.15, 0.2) is 0 Å². The number of piperazine rings is 1. The van der Waals surface area contributed by atoms with Crippen LogP contribution in [-0.2, 0) is 6.54 Å². The molecule has 8 nitrogen and oxygen atoms in total. The Morgan fingerprint density at radius 3 is 2.62 bits per heavy atom.